The van der Waals surface area contributed by atoms with Crippen molar-refractivity contribution in [2.75, 3.05) is 6.26 Å². The number of aromatic nitrogens is 2. The highest BCUT2D eigenvalue weighted by molar-refractivity contribution is 7.94. The van der Waals surface area contributed by atoms with E-state index in [-0.39, 0.29) is 17.4 Å². The summed E-state index contributed by atoms with van der Waals surface area (Å²) in [6.45, 7) is 0.685. The van der Waals surface area contributed by atoms with E-state index in [9.17, 15) is 26.4 Å². The van der Waals surface area contributed by atoms with Crippen molar-refractivity contribution in [2.24, 2.45) is 5.92 Å². The lowest BCUT2D eigenvalue weighted by Gasteiger charge is -2.18. The van der Waals surface area contributed by atoms with Crippen molar-refractivity contribution in [1.29, 1.82) is 0 Å². The largest absolute Gasteiger partial charge is 0.438 e. The van der Waals surface area contributed by atoms with Crippen molar-refractivity contribution in [3.8, 4) is 11.6 Å². The zero-order valence-electron chi connectivity index (χ0n) is 18.1. The first-order valence-electron chi connectivity index (χ1n) is 10.2. The molecule has 1 aliphatic rings. The molecule has 1 aromatic carbocycles. The quantitative estimate of drug-likeness (QED) is 0.459. The van der Waals surface area contributed by atoms with Gasteiger partial charge in [0.15, 0.2) is 0 Å². The second-order valence-corrected chi connectivity index (χ2v) is 10.9. The highest BCUT2D eigenvalue weighted by Gasteiger charge is 2.34. The first-order valence-corrected chi connectivity index (χ1v) is 13.0. The molecular weight excluding hydrogens is 491 g/mol. The van der Waals surface area contributed by atoms with Crippen LogP contribution in [0.2, 0.25) is 0 Å². The fourth-order valence-electron chi connectivity index (χ4n) is 3.23. The number of ether oxygens (including phenoxy) is 1. The number of rotatable bonds is 8. The van der Waals surface area contributed by atoms with Crippen LogP contribution in [0.15, 0.2) is 47.1 Å². The van der Waals surface area contributed by atoms with Gasteiger partial charge < -0.3 is 10.1 Å². The van der Waals surface area contributed by atoms with E-state index in [1.165, 1.54) is 11.3 Å². The third-order valence-corrected chi connectivity index (χ3v) is 6.81. The van der Waals surface area contributed by atoms with Crippen LogP contribution < -0.4 is 10.1 Å². The van der Waals surface area contributed by atoms with E-state index in [4.69, 9.17) is 4.74 Å². The van der Waals surface area contributed by atoms with E-state index in [2.05, 4.69) is 15.3 Å². The third-order valence-electron chi connectivity index (χ3n) is 5.18. The molecule has 7 nitrogen and oxygen atoms in total. The minimum Gasteiger partial charge on any atom is -0.438 e. The number of benzene rings is 1. The summed E-state index contributed by atoms with van der Waals surface area (Å²) in [6, 6.07) is 6.12. The third kappa shape index (κ3) is 5.55. The lowest BCUT2D eigenvalue weighted by Crippen LogP contribution is -2.36. The summed E-state index contributed by atoms with van der Waals surface area (Å²) in [5.41, 5.74) is 1.61. The van der Waals surface area contributed by atoms with Crippen molar-refractivity contribution in [3.63, 3.8) is 0 Å². The van der Waals surface area contributed by atoms with Gasteiger partial charge in [-0.2, -0.15) is 4.39 Å². The Hall–Kier alpha value is -2.99. The van der Waals surface area contributed by atoms with E-state index in [1.807, 2.05) is 0 Å². The monoisotopic (exact) mass is 511 g/mol. The van der Waals surface area contributed by atoms with Crippen LogP contribution in [0.1, 0.15) is 35.8 Å². The Morgan fingerprint density at radius 1 is 1.29 bits per heavy atom. The number of sulfone groups is 1. The first-order chi connectivity index (χ1) is 15.9. The number of halogens is 3. The Bertz CT molecular complexity index is 1380. The van der Waals surface area contributed by atoms with Gasteiger partial charge in [0.05, 0.1) is 27.3 Å². The summed E-state index contributed by atoms with van der Waals surface area (Å²) in [6.07, 6.45) is 2.94. The zero-order valence-corrected chi connectivity index (χ0v) is 19.7. The topological polar surface area (TPSA) is 98.2 Å². The number of hydrogen-bond donors (Lipinski definition) is 1. The maximum Gasteiger partial charge on any atom is 0.275 e. The maximum absolute atomic E-state index is 14.2. The number of pyridine rings is 1. The fraction of sp³-hybridized carbons (Fsp3) is 0.318. The van der Waals surface area contributed by atoms with Crippen LogP contribution in [0.25, 0.3) is 10.2 Å². The summed E-state index contributed by atoms with van der Waals surface area (Å²) in [5.74, 6) is -4.42. The Morgan fingerprint density at radius 2 is 2.03 bits per heavy atom. The molecule has 1 fully saturated rings. The number of hydrogen-bond acceptors (Lipinski definition) is 7. The normalized spacial score (nSPS) is 15.9. The molecule has 1 aliphatic carbocycles. The molecule has 1 N–H and O–H groups in total. The summed E-state index contributed by atoms with van der Waals surface area (Å²) in [7, 11) is -4.06. The van der Waals surface area contributed by atoms with Gasteiger partial charge in [0, 0.05) is 19.2 Å². The molecule has 3 aromatic rings. The molecule has 12 heteroatoms. The predicted octanol–water partition coefficient (Wildman–Crippen LogP) is 4.96. The highest BCUT2D eigenvalue weighted by Crippen LogP contribution is 2.37. The second kappa shape index (κ2) is 8.99. The lowest BCUT2D eigenvalue weighted by molar-refractivity contribution is 0.0149. The number of thiazole rings is 1. The smallest absolute Gasteiger partial charge is 0.275 e. The van der Waals surface area contributed by atoms with Crippen LogP contribution >= 0.6 is 11.3 Å². The predicted molar refractivity (Wildman–Crippen MR) is 122 cm³/mol. The molecule has 0 radical (unpaired) electrons. The molecule has 0 bridgehead atoms. The van der Waals surface area contributed by atoms with Crippen molar-refractivity contribution < 1.29 is 31.1 Å². The number of alkyl halides is 2. The second-order valence-electron chi connectivity index (χ2n) is 8.10. The summed E-state index contributed by atoms with van der Waals surface area (Å²) in [4.78, 5) is 21.0. The van der Waals surface area contributed by atoms with E-state index in [1.54, 1.807) is 23.7 Å². The molecule has 1 atom stereocenters. The molecule has 0 aliphatic heterocycles. The van der Waals surface area contributed by atoms with E-state index in [0.29, 0.717) is 19.8 Å². The van der Waals surface area contributed by atoms with Crippen LogP contribution in [0.4, 0.5) is 13.2 Å². The molecule has 4 rings (SSSR count). The number of nitrogens with zero attached hydrogens (tertiary/aromatic N) is 2. The minimum absolute atomic E-state index is 0.127. The van der Waals surface area contributed by atoms with Gasteiger partial charge in [-0.3, -0.25) is 4.79 Å². The maximum atomic E-state index is 14.2. The highest BCUT2D eigenvalue weighted by atomic mass is 32.2. The number of carbonyl (C=O) groups is 1. The number of carbonyl (C=O) groups excluding carboxylic acids is 1. The SMILES string of the molecule is CC(F)(F)c1ccc(C(=O)N[C@H](/C=C(\F)S(C)(=O)=O)C2CC2)nc1Oc1ccc2ncsc2c1. The summed E-state index contributed by atoms with van der Waals surface area (Å²) in [5, 5.41) is 1.19. The van der Waals surface area contributed by atoms with E-state index >= 15 is 0 Å². The number of nitrogens with one attached hydrogen (secondary N) is 1. The number of fused-ring (bicyclic) bond motifs is 1. The van der Waals surface area contributed by atoms with Gasteiger partial charge >= 0.3 is 0 Å². The van der Waals surface area contributed by atoms with Gasteiger partial charge in [0.25, 0.3) is 11.8 Å². The van der Waals surface area contributed by atoms with Gasteiger partial charge in [0.1, 0.15) is 11.4 Å². The first kappa shape index (κ1) is 24.1. The van der Waals surface area contributed by atoms with Gasteiger partial charge in [-0.15, -0.1) is 11.3 Å². The van der Waals surface area contributed by atoms with Crippen LogP contribution in [-0.4, -0.2) is 36.6 Å². The van der Waals surface area contributed by atoms with Gasteiger partial charge in [-0.05, 0) is 49.1 Å². The molecule has 0 saturated heterocycles. The standard InChI is InChI=1S/C22H20F3N3O4S2/c1-22(24,25)14-6-8-16(20(29)27-17(12-3-4-12)10-19(23)34(2,30)31)28-21(14)32-13-5-7-15-18(9-13)33-11-26-15/h5-12,17H,3-4H2,1-2H3,(H,27,29)/b19-10+/t17-/m1/s1. The molecule has 34 heavy (non-hydrogen) atoms. The van der Waals surface area contributed by atoms with E-state index < -0.39 is 44.3 Å². The summed E-state index contributed by atoms with van der Waals surface area (Å²) >= 11 is 1.35. The fourth-order valence-corrected chi connectivity index (χ4v) is 4.33. The average molecular weight is 512 g/mol. The minimum atomic E-state index is -4.06. The van der Waals surface area contributed by atoms with Crippen molar-refractivity contribution >= 4 is 37.3 Å². The Morgan fingerprint density at radius 3 is 2.68 bits per heavy atom. The van der Waals surface area contributed by atoms with Crippen molar-refractivity contribution in [3.05, 3.63) is 58.3 Å². The molecule has 1 saturated carbocycles. The van der Waals surface area contributed by atoms with Crippen LogP contribution in [-0.2, 0) is 15.8 Å². The zero-order chi connectivity index (χ0) is 24.7. The lowest BCUT2D eigenvalue weighted by atomic mass is 10.1. The molecular formula is C22H20F3N3O4S2. The van der Waals surface area contributed by atoms with Crippen molar-refractivity contribution in [2.45, 2.75) is 31.7 Å². The molecule has 180 valence electrons. The van der Waals surface area contributed by atoms with E-state index in [0.717, 1.165) is 34.7 Å². The Labute approximate surface area is 197 Å². The molecule has 1 amide bonds. The molecule has 0 unspecified atom stereocenters. The van der Waals surface area contributed by atoms with Gasteiger partial charge in [-0.25, -0.2) is 27.2 Å². The van der Waals surface area contributed by atoms with Crippen molar-refractivity contribution in [1.82, 2.24) is 15.3 Å². The molecule has 2 heterocycles. The van der Waals surface area contributed by atoms with Gasteiger partial charge in [0.2, 0.25) is 20.9 Å². The summed E-state index contributed by atoms with van der Waals surface area (Å²) < 4.78 is 71.6. The number of amides is 1. The van der Waals surface area contributed by atoms with Crippen LogP contribution in [0.3, 0.4) is 0 Å². The average Bonchev–Trinajstić information content (AvgIpc) is 3.49. The molecule has 0 spiro atoms. The van der Waals surface area contributed by atoms with Crippen LogP contribution in [0, 0.1) is 5.92 Å². The van der Waals surface area contributed by atoms with Gasteiger partial charge in [-0.1, -0.05) is 0 Å². The Kier molecular flexibility index (Phi) is 6.38. The molecule has 2 aromatic heterocycles. The Balaban J connectivity index is 1.63. The van der Waals surface area contributed by atoms with Crippen LogP contribution in [0.5, 0.6) is 11.6 Å².